The van der Waals surface area contributed by atoms with Gasteiger partial charge in [0, 0.05) is 43.0 Å². The van der Waals surface area contributed by atoms with Crippen LogP contribution in [0.25, 0.3) is 0 Å². The maximum absolute atomic E-state index is 12.1. The van der Waals surface area contributed by atoms with Crippen LogP contribution in [-0.4, -0.2) is 23.9 Å². The summed E-state index contributed by atoms with van der Waals surface area (Å²) < 4.78 is 0. The number of non-ortho nitro benzene ring substituents is 1. The van der Waals surface area contributed by atoms with Crippen molar-refractivity contribution in [2.75, 3.05) is 18.0 Å². The summed E-state index contributed by atoms with van der Waals surface area (Å²) in [6, 6.07) is 13.8. The molecule has 1 saturated heterocycles. The van der Waals surface area contributed by atoms with Crippen molar-refractivity contribution in [3.8, 4) is 0 Å². The maximum atomic E-state index is 12.1. The van der Waals surface area contributed by atoms with Gasteiger partial charge in [0.05, 0.1) is 4.92 Å². The molecule has 0 aromatic heterocycles. The molecule has 1 N–H and O–H groups in total. The lowest BCUT2D eigenvalue weighted by atomic mass is 10.1. The maximum Gasteiger partial charge on any atom is 0.269 e. The Morgan fingerprint density at radius 2 is 1.64 bits per heavy atom. The second-order valence-corrected chi connectivity index (χ2v) is 6.20. The van der Waals surface area contributed by atoms with Gasteiger partial charge in [-0.05, 0) is 49.1 Å². The molecule has 2 aromatic carbocycles. The van der Waals surface area contributed by atoms with E-state index >= 15 is 0 Å². The molecule has 1 aliphatic rings. The van der Waals surface area contributed by atoms with Crippen molar-refractivity contribution in [2.45, 2.75) is 25.8 Å². The van der Waals surface area contributed by atoms with E-state index in [2.05, 4.69) is 22.3 Å². The number of anilines is 1. The van der Waals surface area contributed by atoms with E-state index in [1.807, 2.05) is 12.1 Å². The largest absolute Gasteiger partial charge is 0.372 e. The molecule has 1 fully saturated rings. The van der Waals surface area contributed by atoms with Crippen LogP contribution in [0.1, 0.15) is 35.2 Å². The van der Waals surface area contributed by atoms with Gasteiger partial charge in [-0.15, -0.1) is 0 Å². The monoisotopic (exact) mass is 339 g/mol. The lowest BCUT2D eigenvalue weighted by Gasteiger charge is -2.28. The molecule has 0 unspecified atom stereocenters. The number of hydrogen-bond donors (Lipinski definition) is 1. The van der Waals surface area contributed by atoms with E-state index in [-0.39, 0.29) is 11.6 Å². The number of amides is 1. The molecule has 1 amide bonds. The Kier molecular flexibility index (Phi) is 5.28. The number of nitrogens with one attached hydrogen (secondary N) is 1. The van der Waals surface area contributed by atoms with E-state index < -0.39 is 4.92 Å². The first-order valence-electron chi connectivity index (χ1n) is 8.50. The van der Waals surface area contributed by atoms with Crippen LogP contribution >= 0.6 is 0 Å². The summed E-state index contributed by atoms with van der Waals surface area (Å²) in [5.41, 5.74) is 2.64. The third kappa shape index (κ3) is 4.35. The van der Waals surface area contributed by atoms with Crippen molar-refractivity contribution >= 4 is 17.3 Å². The Labute approximate surface area is 146 Å². The predicted molar refractivity (Wildman–Crippen MR) is 96.8 cm³/mol. The Morgan fingerprint density at radius 1 is 1.00 bits per heavy atom. The molecule has 0 saturated carbocycles. The summed E-state index contributed by atoms with van der Waals surface area (Å²) in [5.74, 6) is -0.241. The predicted octanol–water partition coefficient (Wildman–Crippen LogP) is 3.52. The molecule has 1 aliphatic heterocycles. The van der Waals surface area contributed by atoms with Gasteiger partial charge < -0.3 is 10.2 Å². The zero-order valence-electron chi connectivity index (χ0n) is 14.0. The Morgan fingerprint density at radius 3 is 2.24 bits per heavy atom. The molecule has 1 heterocycles. The average Bonchev–Trinajstić information content (AvgIpc) is 2.67. The van der Waals surface area contributed by atoms with Crippen LogP contribution in [0.15, 0.2) is 48.5 Å². The molecule has 0 radical (unpaired) electrons. The van der Waals surface area contributed by atoms with Crippen molar-refractivity contribution in [2.24, 2.45) is 0 Å². The summed E-state index contributed by atoms with van der Waals surface area (Å²) in [7, 11) is 0. The summed E-state index contributed by atoms with van der Waals surface area (Å²) in [6.45, 7) is 2.64. The van der Waals surface area contributed by atoms with Crippen LogP contribution in [0, 0.1) is 10.1 Å². The molecule has 2 aromatic rings. The summed E-state index contributed by atoms with van der Waals surface area (Å²) >= 11 is 0. The van der Waals surface area contributed by atoms with E-state index in [1.165, 1.54) is 49.2 Å². The molecule has 130 valence electrons. The fourth-order valence-electron chi connectivity index (χ4n) is 3.00. The smallest absolute Gasteiger partial charge is 0.269 e. The standard InChI is InChI=1S/C19H21N3O3/c23-19(16-6-10-18(11-7-16)22(24)25)20-14-15-4-8-17(9-5-15)21-12-2-1-3-13-21/h4-11H,1-3,12-14H2,(H,20,23). The SMILES string of the molecule is O=C(NCc1ccc(N2CCCCC2)cc1)c1ccc([N+](=O)[O-])cc1. The van der Waals surface area contributed by atoms with Gasteiger partial charge >= 0.3 is 0 Å². The summed E-state index contributed by atoms with van der Waals surface area (Å²) in [4.78, 5) is 24.7. The van der Waals surface area contributed by atoms with E-state index in [0.717, 1.165) is 18.7 Å². The molecular formula is C19H21N3O3. The second kappa shape index (κ2) is 7.79. The number of nitro groups is 1. The van der Waals surface area contributed by atoms with E-state index in [0.29, 0.717) is 12.1 Å². The Bertz CT molecular complexity index is 736. The van der Waals surface area contributed by atoms with Gasteiger partial charge in [0.1, 0.15) is 0 Å². The first-order chi connectivity index (χ1) is 12.1. The highest BCUT2D eigenvalue weighted by molar-refractivity contribution is 5.94. The molecule has 0 bridgehead atoms. The zero-order valence-corrected chi connectivity index (χ0v) is 14.0. The number of benzene rings is 2. The van der Waals surface area contributed by atoms with E-state index in [9.17, 15) is 14.9 Å². The van der Waals surface area contributed by atoms with Gasteiger partial charge in [0.15, 0.2) is 0 Å². The fourth-order valence-corrected chi connectivity index (χ4v) is 3.00. The highest BCUT2D eigenvalue weighted by atomic mass is 16.6. The van der Waals surface area contributed by atoms with Crippen LogP contribution in [0.4, 0.5) is 11.4 Å². The van der Waals surface area contributed by atoms with Crippen LogP contribution in [0.2, 0.25) is 0 Å². The number of carbonyl (C=O) groups excluding carboxylic acids is 1. The number of nitro benzene ring substituents is 1. The van der Waals surface area contributed by atoms with Crippen molar-refractivity contribution in [1.82, 2.24) is 5.32 Å². The van der Waals surface area contributed by atoms with Gasteiger partial charge in [-0.25, -0.2) is 0 Å². The number of piperidine rings is 1. The van der Waals surface area contributed by atoms with E-state index in [4.69, 9.17) is 0 Å². The first kappa shape index (κ1) is 17.0. The Balaban J connectivity index is 1.55. The molecule has 6 heteroatoms. The average molecular weight is 339 g/mol. The highest BCUT2D eigenvalue weighted by Crippen LogP contribution is 2.20. The normalized spacial score (nSPS) is 14.2. The first-order valence-corrected chi connectivity index (χ1v) is 8.50. The summed E-state index contributed by atoms with van der Waals surface area (Å²) in [6.07, 6.45) is 3.79. The topological polar surface area (TPSA) is 75.5 Å². The van der Waals surface area contributed by atoms with Crippen molar-refractivity contribution < 1.29 is 9.72 Å². The minimum absolute atomic E-state index is 0.0233. The number of hydrogen-bond acceptors (Lipinski definition) is 4. The van der Waals surface area contributed by atoms with Crippen LogP contribution in [-0.2, 0) is 6.54 Å². The number of carbonyl (C=O) groups is 1. The lowest BCUT2D eigenvalue weighted by Crippen LogP contribution is -2.29. The molecule has 6 nitrogen and oxygen atoms in total. The number of rotatable bonds is 5. The van der Waals surface area contributed by atoms with Crippen molar-refractivity contribution in [3.63, 3.8) is 0 Å². The fraction of sp³-hybridized carbons (Fsp3) is 0.316. The molecular weight excluding hydrogens is 318 g/mol. The molecule has 0 atom stereocenters. The molecule has 25 heavy (non-hydrogen) atoms. The molecule has 3 rings (SSSR count). The lowest BCUT2D eigenvalue weighted by molar-refractivity contribution is -0.384. The van der Waals surface area contributed by atoms with Crippen LogP contribution in [0.5, 0.6) is 0 Å². The zero-order chi connectivity index (χ0) is 17.6. The van der Waals surface area contributed by atoms with Crippen LogP contribution in [0.3, 0.4) is 0 Å². The molecule has 0 aliphatic carbocycles. The third-order valence-electron chi connectivity index (χ3n) is 4.45. The van der Waals surface area contributed by atoms with E-state index in [1.54, 1.807) is 0 Å². The minimum Gasteiger partial charge on any atom is -0.372 e. The highest BCUT2D eigenvalue weighted by Gasteiger charge is 2.11. The quantitative estimate of drug-likeness (QED) is 0.668. The summed E-state index contributed by atoms with van der Waals surface area (Å²) in [5, 5.41) is 13.5. The van der Waals surface area contributed by atoms with Gasteiger partial charge in [0.2, 0.25) is 0 Å². The number of nitrogens with zero attached hydrogens (tertiary/aromatic N) is 2. The van der Waals surface area contributed by atoms with Crippen molar-refractivity contribution in [3.05, 3.63) is 69.8 Å². The third-order valence-corrected chi connectivity index (χ3v) is 4.45. The van der Waals surface area contributed by atoms with Gasteiger partial charge in [0.25, 0.3) is 11.6 Å². The Hall–Kier alpha value is -2.89. The van der Waals surface area contributed by atoms with Crippen LogP contribution < -0.4 is 10.2 Å². The molecule has 0 spiro atoms. The minimum atomic E-state index is -0.481. The van der Waals surface area contributed by atoms with Gasteiger partial charge in [-0.1, -0.05) is 12.1 Å². The van der Waals surface area contributed by atoms with Gasteiger partial charge in [-0.3, -0.25) is 14.9 Å². The second-order valence-electron chi connectivity index (χ2n) is 6.20. The van der Waals surface area contributed by atoms with Gasteiger partial charge in [-0.2, -0.15) is 0 Å². The van der Waals surface area contributed by atoms with Crippen molar-refractivity contribution in [1.29, 1.82) is 0 Å².